The smallest absolute Gasteiger partial charge is 0.305 e. The van der Waals surface area contributed by atoms with E-state index >= 15 is 0 Å². The number of quaternary nitrogens is 1. The highest BCUT2D eigenvalue weighted by atomic mass is 31.2. The summed E-state index contributed by atoms with van der Waals surface area (Å²) in [5.41, 5.74) is 0. The molecule has 1 saturated carbocycles. The van der Waals surface area contributed by atoms with Crippen LogP contribution in [0.1, 0.15) is 168 Å². The number of phosphoric acid groups is 1. The minimum atomic E-state index is -4.57. The Morgan fingerprint density at radius 1 is 0.776 bits per heavy atom. The third-order valence-corrected chi connectivity index (χ3v) is 11.8. The van der Waals surface area contributed by atoms with Gasteiger partial charge in [-0.05, 0) is 69.8 Å². The number of unbranched alkanes of at least 4 members (excludes halogenated alkanes) is 16. The quantitative estimate of drug-likeness (QED) is 0.0137. The van der Waals surface area contributed by atoms with E-state index in [1.165, 1.54) is 64.0 Å². The number of hydrogen-bond acceptors (Lipinski definition) is 10. The number of aliphatic hydroxyl groups excluding tert-OH is 3. The van der Waals surface area contributed by atoms with Crippen LogP contribution in [0.15, 0.2) is 36.6 Å². The van der Waals surface area contributed by atoms with Gasteiger partial charge in [0, 0.05) is 18.8 Å². The third-order valence-electron chi connectivity index (χ3n) is 10.9. The summed E-state index contributed by atoms with van der Waals surface area (Å²) in [4.78, 5) is 25.0. The summed E-state index contributed by atoms with van der Waals surface area (Å²) < 4.78 is 34.4. The van der Waals surface area contributed by atoms with Crippen LogP contribution in [0.25, 0.3) is 0 Å². The molecule has 1 rings (SSSR count). The van der Waals surface area contributed by atoms with E-state index in [9.17, 15) is 29.6 Å². The number of carbonyl (C=O) groups is 1. The minimum Gasteiger partial charge on any atom is -0.756 e. The maximum Gasteiger partial charge on any atom is 0.305 e. The van der Waals surface area contributed by atoms with E-state index in [1.54, 1.807) is 6.08 Å². The molecule has 3 N–H and O–H groups in total. The molecule has 0 heterocycles. The lowest BCUT2D eigenvalue weighted by Gasteiger charge is -2.28. The van der Waals surface area contributed by atoms with Gasteiger partial charge in [-0.1, -0.05) is 122 Å². The fraction of sp³-hybridized carbons (Fsp3) is 0.848. The van der Waals surface area contributed by atoms with Crippen LogP contribution in [0.4, 0.5) is 0 Å². The number of phosphoric ester groups is 1. The van der Waals surface area contributed by atoms with Crippen LogP contribution in [0, 0.1) is 11.8 Å². The summed E-state index contributed by atoms with van der Waals surface area (Å²) in [7, 11) is 1.24. The molecule has 0 bridgehead atoms. The Balaban J connectivity index is 2.43. The van der Waals surface area contributed by atoms with Crippen molar-refractivity contribution in [3.63, 3.8) is 0 Å². The molecular formula is C46H86NO10P. The van der Waals surface area contributed by atoms with Gasteiger partial charge in [0.25, 0.3) is 7.82 Å². The largest absolute Gasteiger partial charge is 0.756 e. The molecule has 58 heavy (non-hydrogen) atoms. The van der Waals surface area contributed by atoms with Crippen molar-refractivity contribution in [1.29, 1.82) is 0 Å². The zero-order valence-corrected chi connectivity index (χ0v) is 38.2. The van der Waals surface area contributed by atoms with Crippen molar-refractivity contribution in [2.45, 2.75) is 192 Å². The Hall–Kier alpha value is -1.56. The molecule has 0 amide bonds. The van der Waals surface area contributed by atoms with Crippen molar-refractivity contribution >= 4 is 13.8 Å². The molecule has 1 aliphatic carbocycles. The highest BCUT2D eigenvalue weighted by Gasteiger charge is 2.39. The van der Waals surface area contributed by atoms with E-state index in [2.05, 4.69) is 26.0 Å². The number of esters is 1. The van der Waals surface area contributed by atoms with Gasteiger partial charge in [0.05, 0.1) is 52.3 Å². The van der Waals surface area contributed by atoms with Crippen LogP contribution in [-0.2, 0) is 27.9 Å². The maximum atomic E-state index is 12.6. The zero-order chi connectivity index (χ0) is 42.9. The normalized spacial score (nSPS) is 21.0. The molecule has 11 nitrogen and oxygen atoms in total. The van der Waals surface area contributed by atoms with E-state index in [-0.39, 0.29) is 38.1 Å². The SMILES string of the molecule is CCCCCCCC/C=C\CCCCCC/C=C/O[C@H](COC(=O)CCCCCC[C@@H]1[C@@H](/C=C/[C@@H](O)CCCCC)[C@H](O)C[C@@H]1O)COP(=O)([O-])OCC[N+](C)(C)C. The van der Waals surface area contributed by atoms with Crippen LogP contribution in [0.2, 0.25) is 0 Å². The topological polar surface area (TPSA) is 155 Å². The van der Waals surface area contributed by atoms with Gasteiger partial charge < -0.3 is 43.2 Å². The molecule has 12 heteroatoms. The fourth-order valence-electron chi connectivity index (χ4n) is 7.15. The number of nitrogens with zero attached hydrogens (tertiary/aromatic N) is 1. The summed E-state index contributed by atoms with van der Waals surface area (Å²) in [6.45, 7) is 4.36. The Kier molecular flexibility index (Phi) is 32.0. The average Bonchev–Trinajstić information content (AvgIpc) is 3.44. The summed E-state index contributed by atoms with van der Waals surface area (Å²) in [5, 5.41) is 31.4. The number of rotatable bonds is 38. The summed E-state index contributed by atoms with van der Waals surface area (Å²) in [6, 6.07) is 0. The summed E-state index contributed by atoms with van der Waals surface area (Å²) >= 11 is 0. The van der Waals surface area contributed by atoms with Crippen LogP contribution in [0.3, 0.4) is 0 Å². The summed E-state index contributed by atoms with van der Waals surface area (Å²) in [5.74, 6) is -0.625. The van der Waals surface area contributed by atoms with Crippen LogP contribution in [0.5, 0.6) is 0 Å². The first-order valence-corrected chi connectivity index (χ1v) is 24.5. The predicted molar refractivity (Wildman–Crippen MR) is 233 cm³/mol. The van der Waals surface area contributed by atoms with Crippen LogP contribution >= 0.6 is 7.82 Å². The van der Waals surface area contributed by atoms with E-state index in [1.807, 2.05) is 33.3 Å². The van der Waals surface area contributed by atoms with Gasteiger partial charge in [0.2, 0.25) is 0 Å². The average molecular weight is 844 g/mol. The van der Waals surface area contributed by atoms with Crippen LogP contribution < -0.4 is 4.89 Å². The molecule has 0 aliphatic heterocycles. The first-order valence-electron chi connectivity index (χ1n) is 23.0. The maximum absolute atomic E-state index is 12.6. The lowest BCUT2D eigenvalue weighted by atomic mass is 9.88. The van der Waals surface area contributed by atoms with Crippen molar-refractivity contribution in [3.05, 3.63) is 36.6 Å². The zero-order valence-electron chi connectivity index (χ0n) is 37.3. The molecule has 0 spiro atoms. The first-order chi connectivity index (χ1) is 27.8. The van der Waals surface area contributed by atoms with Gasteiger partial charge in [-0.15, -0.1) is 0 Å². The van der Waals surface area contributed by atoms with Gasteiger partial charge in [-0.3, -0.25) is 9.36 Å². The number of ether oxygens (including phenoxy) is 2. The Bertz CT molecular complexity index is 1140. The van der Waals surface area contributed by atoms with Crippen molar-refractivity contribution in [2.24, 2.45) is 11.8 Å². The van der Waals surface area contributed by atoms with Crippen molar-refractivity contribution < 1.29 is 52.6 Å². The highest BCUT2D eigenvalue weighted by molar-refractivity contribution is 7.45. The molecule has 0 aromatic rings. The van der Waals surface area contributed by atoms with Crippen molar-refractivity contribution in [2.75, 3.05) is 47.5 Å². The second kappa shape index (κ2) is 34.1. The lowest BCUT2D eigenvalue weighted by molar-refractivity contribution is -0.870. The van der Waals surface area contributed by atoms with Crippen molar-refractivity contribution in [1.82, 2.24) is 0 Å². The number of likely N-dealkylation sites (N-methyl/N-ethyl adjacent to an activating group) is 1. The predicted octanol–water partition coefficient (Wildman–Crippen LogP) is 9.48. The first kappa shape index (κ1) is 54.5. The highest BCUT2D eigenvalue weighted by Crippen LogP contribution is 2.39. The van der Waals surface area contributed by atoms with Gasteiger partial charge in [-0.25, -0.2) is 0 Å². The molecule has 1 unspecified atom stereocenters. The molecule has 0 saturated heterocycles. The van der Waals surface area contributed by atoms with Crippen molar-refractivity contribution in [3.8, 4) is 0 Å². The summed E-state index contributed by atoms with van der Waals surface area (Å²) in [6.07, 6.45) is 33.2. The second-order valence-electron chi connectivity index (χ2n) is 17.4. The molecule has 7 atom stereocenters. The second-order valence-corrected chi connectivity index (χ2v) is 18.8. The number of carbonyl (C=O) groups excluding carboxylic acids is 1. The molecule has 0 radical (unpaired) electrons. The molecule has 1 aliphatic rings. The van der Waals surface area contributed by atoms with Gasteiger partial charge in [0.15, 0.2) is 6.10 Å². The molecule has 1 fully saturated rings. The van der Waals surface area contributed by atoms with E-state index in [0.717, 1.165) is 70.6 Å². The minimum absolute atomic E-state index is 0.00960. The van der Waals surface area contributed by atoms with E-state index < -0.39 is 38.2 Å². The van der Waals surface area contributed by atoms with Gasteiger partial charge in [0.1, 0.15) is 19.8 Å². The molecular weight excluding hydrogens is 757 g/mol. The number of allylic oxidation sites excluding steroid dienone is 3. The van der Waals surface area contributed by atoms with Gasteiger partial charge >= 0.3 is 5.97 Å². The van der Waals surface area contributed by atoms with E-state index in [0.29, 0.717) is 30.3 Å². The van der Waals surface area contributed by atoms with Gasteiger partial charge in [-0.2, -0.15) is 0 Å². The molecule has 340 valence electrons. The monoisotopic (exact) mass is 844 g/mol. The molecule has 0 aromatic heterocycles. The Morgan fingerprint density at radius 3 is 2.02 bits per heavy atom. The van der Waals surface area contributed by atoms with Crippen LogP contribution in [-0.4, -0.2) is 97.7 Å². The Labute approximate surface area is 353 Å². The number of hydrogen-bond donors (Lipinski definition) is 3. The number of aliphatic hydroxyl groups is 3. The standard InChI is InChI=1S/C46H86NO10P/c1-6-8-10-11-12-13-14-15-16-17-18-19-20-21-24-28-35-54-41(39-57-58(52,53)56-36-34-47(3,4)5)38-55-46(51)31-27-23-22-26-30-42-43(45(50)37-44(42)49)33-32-40(48)29-25-9-7-2/h15-16,28,32-33,35,40-45,48-50H,6-14,17-27,29-31,34,36-39H2,1-5H3/b16-15-,33-32+,35-28+/t40-,41+,42+,43+,44-,45+/m0/s1. The molecule has 0 aromatic carbocycles. The fourth-order valence-corrected chi connectivity index (χ4v) is 7.88. The lowest BCUT2D eigenvalue weighted by Crippen LogP contribution is -2.37. The van der Waals surface area contributed by atoms with E-state index in [4.69, 9.17) is 18.5 Å². The Morgan fingerprint density at radius 2 is 1.36 bits per heavy atom. The third kappa shape index (κ3) is 30.5.